The van der Waals surface area contributed by atoms with Crippen LogP contribution in [0.4, 0.5) is 0 Å². The molecule has 2 heterocycles. The van der Waals surface area contributed by atoms with Gasteiger partial charge in [-0.2, -0.15) is 5.10 Å². The van der Waals surface area contributed by atoms with E-state index in [2.05, 4.69) is 5.10 Å². The van der Waals surface area contributed by atoms with Crippen LogP contribution in [0.1, 0.15) is 16.9 Å². The summed E-state index contributed by atoms with van der Waals surface area (Å²) in [6.45, 7) is -0.524. The quantitative estimate of drug-likeness (QED) is 0.774. The average molecular weight is 301 g/mol. The third-order valence-corrected chi connectivity index (χ3v) is 5.01. The van der Waals surface area contributed by atoms with E-state index in [1.807, 2.05) is 0 Å². The number of sulfone groups is 1. The lowest BCUT2D eigenvalue weighted by molar-refractivity contribution is -0.138. The predicted molar refractivity (Wildman–Crippen MR) is 68.9 cm³/mol. The molecule has 0 aliphatic carbocycles. The van der Waals surface area contributed by atoms with Gasteiger partial charge >= 0.3 is 5.97 Å². The number of hydrogen-bond donors (Lipinski definition) is 1. The highest BCUT2D eigenvalue weighted by Gasteiger charge is 2.36. The molecule has 0 aromatic carbocycles. The summed E-state index contributed by atoms with van der Waals surface area (Å²) in [5.41, 5.74) is 0.232. The van der Waals surface area contributed by atoms with Gasteiger partial charge in [-0.25, -0.2) is 8.42 Å². The summed E-state index contributed by atoms with van der Waals surface area (Å²) in [7, 11) is -1.63. The van der Waals surface area contributed by atoms with Crippen LogP contribution < -0.4 is 0 Å². The van der Waals surface area contributed by atoms with Crippen molar-refractivity contribution >= 4 is 21.7 Å². The minimum absolute atomic E-state index is 0.0214. The summed E-state index contributed by atoms with van der Waals surface area (Å²) < 4.78 is 24.3. The van der Waals surface area contributed by atoms with Crippen molar-refractivity contribution in [3.63, 3.8) is 0 Å². The molecule has 0 spiro atoms. The van der Waals surface area contributed by atoms with E-state index in [0.29, 0.717) is 0 Å². The molecule has 1 aromatic rings. The Hall–Kier alpha value is -1.90. The van der Waals surface area contributed by atoms with Gasteiger partial charge in [0.05, 0.1) is 11.5 Å². The zero-order valence-corrected chi connectivity index (χ0v) is 11.7. The molecule has 9 heteroatoms. The maximum atomic E-state index is 12.4. The lowest BCUT2D eigenvalue weighted by Gasteiger charge is -2.26. The van der Waals surface area contributed by atoms with Gasteiger partial charge in [-0.05, 0) is 12.5 Å². The molecule has 1 amide bonds. The molecular weight excluding hydrogens is 286 g/mol. The maximum Gasteiger partial charge on any atom is 0.323 e. The molecule has 1 unspecified atom stereocenters. The number of carboxylic acids is 1. The van der Waals surface area contributed by atoms with E-state index in [-0.39, 0.29) is 23.6 Å². The molecule has 0 saturated carbocycles. The van der Waals surface area contributed by atoms with Gasteiger partial charge in [0.25, 0.3) is 5.91 Å². The Kier molecular flexibility index (Phi) is 3.80. The fourth-order valence-electron chi connectivity index (χ4n) is 2.26. The number of aryl methyl sites for hydroxylation is 1. The first-order valence-corrected chi connectivity index (χ1v) is 7.83. The lowest BCUT2D eigenvalue weighted by atomic mass is 10.2. The number of amides is 1. The second kappa shape index (κ2) is 5.23. The summed E-state index contributed by atoms with van der Waals surface area (Å²) in [5.74, 6) is -1.91. The largest absolute Gasteiger partial charge is 0.480 e. The number of nitrogens with zero attached hydrogens (tertiary/aromatic N) is 3. The predicted octanol–water partition coefficient (Wildman–Crippen LogP) is -0.866. The second-order valence-electron chi connectivity index (χ2n) is 4.72. The Bertz CT molecular complexity index is 636. The third-order valence-electron chi connectivity index (χ3n) is 3.26. The van der Waals surface area contributed by atoms with Gasteiger partial charge in [-0.1, -0.05) is 0 Å². The summed E-state index contributed by atoms with van der Waals surface area (Å²) in [6.07, 6.45) is 1.69. The summed E-state index contributed by atoms with van der Waals surface area (Å²) in [5, 5.41) is 12.8. The van der Waals surface area contributed by atoms with Crippen molar-refractivity contribution in [2.24, 2.45) is 7.05 Å². The highest BCUT2D eigenvalue weighted by atomic mass is 32.2. The first kappa shape index (κ1) is 14.5. The Balaban J connectivity index is 2.27. The van der Waals surface area contributed by atoms with Crippen LogP contribution in [0.5, 0.6) is 0 Å². The van der Waals surface area contributed by atoms with Crippen LogP contribution in [-0.2, 0) is 21.7 Å². The maximum absolute atomic E-state index is 12.4. The van der Waals surface area contributed by atoms with E-state index in [1.54, 1.807) is 7.05 Å². The van der Waals surface area contributed by atoms with Gasteiger partial charge < -0.3 is 10.0 Å². The van der Waals surface area contributed by atoms with Crippen LogP contribution in [-0.4, -0.2) is 64.2 Å². The summed E-state index contributed by atoms with van der Waals surface area (Å²) in [6, 6.07) is 0.874. The molecule has 1 aromatic heterocycles. The molecule has 2 rings (SSSR count). The number of carbonyl (C=O) groups excluding carboxylic acids is 1. The standard InChI is InChI=1S/C11H15N3O5S/c1-13-9(2-4-12-13)11(17)14(6-10(15)16)8-3-5-20(18,19)7-8/h2,4,8H,3,5-7H2,1H3,(H,15,16). The van der Waals surface area contributed by atoms with E-state index >= 15 is 0 Å². The number of carboxylic acid groups (broad SMARTS) is 1. The van der Waals surface area contributed by atoms with Crippen molar-refractivity contribution in [2.75, 3.05) is 18.1 Å². The fourth-order valence-corrected chi connectivity index (χ4v) is 4.00. The zero-order chi connectivity index (χ0) is 14.9. The third kappa shape index (κ3) is 2.98. The highest BCUT2D eigenvalue weighted by Crippen LogP contribution is 2.19. The van der Waals surface area contributed by atoms with Gasteiger partial charge in [-0.3, -0.25) is 14.3 Å². The molecule has 0 bridgehead atoms. The number of hydrogen-bond acceptors (Lipinski definition) is 5. The summed E-state index contributed by atoms with van der Waals surface area (Å²) in [4.78, 5) is 24.4. The van der Waals surface area contributed by atoms with Gasteiger partial charge in [-0.15, -0.1) is 0 Å². The molecule has 1 atom stereocenters. The van der Waals surface area contributed by atoms with Crippen LogP contribution in [0, 0.1) is 0 Å². The Morgan fingerprint density at radius 2 is 2.25 bits per heavy atom. The molecule has 1 aliphatic rings. The average Bonchev–Trinajstić information content (AvgIpc) is 2.91. The van der Waals surface area contributed by atoms with Crippen LogP contribution in [0.3, 0.4) is 0 Å². The van der Waals surface area contributed by atoms with Crippen LogP contribution in [0.2, 0.25) is 0 Å². The highest BCUT2D eigenvalue weighted by molar-refractivity contribution is 7.91. The number of aromatic nitrogens is 2. The van der Waals surface area contributed by atoms with E-state index in [9.17, 15) is 18.0 Å². The Labute approximate surface area is 115 Å². The Morgan fingerprint density at radius 3 is 2.70 bits per heavy atom. The summed E-state index contributed by atoms with van der Waals surface area (Å²) >= 11 is 0. The van der Waals surface area contributed by atoms with Gasteiger partial charge in [0.2, 0.25) is 0 Å². The first-order valence-electron chi connectivity index (χ1n) is 6.01. The monoisotopic (exact) mass is 301 g/mol. The molecule has 8 nitrogen and oxygen atoms in total. The molecule has 0 radical (unpaired) electrons. The minimum atomic E-state index is -3.20. The zero-order valence-electron chi connectivity index (χ0n) is 10.9. The lowest BCUT2D eigenvalue weighted by Crippen LogP contribution is -2.44. The SMILES string of the molecule is Cn1nccc1C(=O)N(CC(=O)O)C1CCS(=O)(=O)C1. The normalized spacial score (nSPS) is 20.8. The van der Waals surface area contributed by atoms with Gasteiger partial charge in [0, 0.05) is 19.3 Å². The topological polar surface area (TPSA) is 110 Å². The molecule has 1 fully saturated rings. The minimum Gasteiger partial charge on any atom is -0.480 e. The second-order valence-corrected chi connectivity index (χ2v) is 6.95. The van der Waals surface area contributed by atoms with Crippen molar-refractivity contribution in [1.82, 2.24) is 14.7 Å². The Morgan fingerprint density at radius 1 is 1.55 bits per heavy atom. The molecule has 20 heavy (non-hydrogen) atoms. The van der Waals surface area contributed by atoms with Gasteiger partial charge in [0.1, 0.15) is 12.2 Å². The van der Waals surface area contributed by atoms with Crippen molar-refractivity contribution in [1.29, 1.82) is 0 Å². The molecular formula is C11H15N3O5S. The number of rotatable bonds is 4. The number of aliphatic carboxylic acids is 1. The first-order chi connectivity index (χ1) is 9.30. The molecule has 1 aliphatic heterocycles. The van der Waals surface area contributed by atoms with E-state index in [1.165, 1.54) is 16.9 Å². The molecule has 1 saturated heterocycles. The number of carbonyl (C=O) groups is 2. The van der Waals surface area contributed by atoms with Crippen LogP contribution in [0.25, 0.3) is 0 Å². The van der Waals surface area contributed by atoms with Crippen molar-refractivity contribution in [3.05, 3.63) is 18.0 Å². The van der Waals surface area contributed by atoms with Gasteiger partial charge in [0.15, 0.2) is 9.84 Å². The van der Waals surface area contributed by atoms with Crippen molar-refractivity contribution in [3.8, 4) is 0 Å². The molecule has 110 valence electrons. The van der Waals surface area contributed by atoms with Crippen molar-refractivity contribution < 1.29 is 23.1 Å². The molecule has 1 N–H and O–H groups in total. The van der Waals surface area contributed by atoms with E-state index in [0.717, 1.165) is 4.90 Å². The van der Waals surface area contributed by atoms with Crippen molar-refractivity contribution in [2.45, 2.75) is 12.5 Å². The smallest absolute Gasteiger partial charge is 0.323 e. The van der Waals surface area contributed by atoms with E-state index < -0.39 is 34.3 Å². The van der Waals surface area contributed by atoms with Crippen LogP contribution in [0.15, 0.2) is 12.3 Å². The fraction of sp³-hybridized carbons (Fsp3) is 0.545. The van der Waals surface area contributed by atoms with Crippen LogP contribution >= 0.6 is 0 Å². The van der Waals surface area contributed by atoms with E-state index in [4.69, 9.17) is 5.11 Å².